The van der Waals surface area contributed by atoms with E-state index >= 15 is 0 Å². The van der Waals surface area contributed by atoms with Crippen LogP contribution in [0.4, 0.5) is 0 Å². The molecular formula is C26H44B2N4. The van der Waals surface area contributed by atoms with E-state index in [1.54, 1.807) is 0 Å². The van der Waals surface area contributed by atoms with Crippen LogP contribution >= 0.6 is 0 Å². The lowest BCUT2D eigenvalue weighted by Crippen LogP contribution is -2.63. The van der Waals surface area contributed by atoms with Crippen LogP contribution in [-0.4, -0.2) is 55.4 Å². The summed E-state index contributed by atoms with van der Waals surface area (Å²) in [5, 5.41) is 0. The van der Waals surface area contributed by atoms with Crippen LogP contribution in [0.3, 0.4) is 0 Å². The maximum Gasteiger partial charge on any atom is 0.411 e. The van der Waals surface area contributed by atoms with Crippen molar-refractivity contribution in [1.29, 1.82) is 0 Å². The van der Waals surface area contributed by atoms with Crippen molar-refractivity contribution in [3.63, 3.8) is 0 Å². The minimum atomic E-state index is 0.0429. The fourth-order valence-electron chi connectivity index (χ4n) is 4.73. The van der Waals surface area contributed by atoms with Crippen LogP contribution in [-0.2, 0) is 0 Å². The van der Waals surface area contributed by atoms with Crippen molar-refractivity contribution < 1.29 is 0 Å². The third kappa shape index (κ3) is 4.70. The van der Waals surface area contributed by atoms with Gasteiger partial charge in [-0.3, -0.25) is 0 Å². The summed E-state index contributed by atoms with van der Waals surface area (Å²) in [6, 6.07) is 9.35. The zero-order valence-electron chi connectivity index (χ0n) is 22.6. The molecule has 2 heterocycles. The topological polar surface area (TPSA) is 13.0 Å². The Kier molecular flexibility index (Phi) is 6.02. The van der Waals surface area contributed by atoms with Crippen LogP contribution in [0.5, 0.6) is 0 Å². The predicted molar refractivity (Wildman–Crippen MR) is 142 cm³/mol. The van der Waals surface area contributed by atoms with Gasteiger partial charge in [0, 0.05) is 47.0 Å². The Morgan fingerprint density at radius 2 is 0.594 bits per heavy atom. The van der Waals surface area contributed by atoms with E-state index in [9.17, 15) is 0 Å². The van der Waals surface area contributed by atoms with Crippen LogP contribution in [0.15, 0.2) is 49.1 Å². The molecular weight excluding hydrogens is 390 g/mol. The maximum atomic E-state index is 2.48. The first-order valence-electron chi connectivity index (χ1n) is 12.0. The van der Waals surface area contributed by atoms with Crippen LogP contribution in [0.2, 0.25) is 0 Å². The quantitative estimate of drug-likeness (QED) is 0.638. The lowest BCUT2D eigenvalue weighted by atomic mass is 9.58. The minimum Gasteiger partial charge on any atom is -0.392 e. The molecule has 0 amide bonds. The molecule has 6 heteroatoms. The van der Waals surface area contributed by atoms with Crippen LogP contribution in [0.25, 0.3) is 0 Å². The Hall–Kier alpha value is -1.97. The second-order valence-corrected chi connectivity index (χ2v) is 13.3. The van der Waals surface area contributed by atoms with Crippen molar-refractivity contribution in [1.82, 2.24) is 19.2 Å². The first-order chi connectivity index (χ1) is 14.4. The molecule has 0 radical (unpaired) electrons. The van der Waals surface area contributed by atoms with Gasteiger partial charge >= 0.3 is 14.0 Å². The molecule has 0 aromatic heterocycles. The third-order valence-corrected chi connectivity index (χ3v) is 6.46. The summed E-state index contributed by atoms with van der Waals surface area (Å²) in [7, 11) is 0. The molecule has 0 saturated carbocycles. The van der Waals surface area contributed by atoms with Gasteiger partial charge < -0.3 is 19.2 Å². The molecule has 0 N–H and O–H groups in total. The Bertz CT molecular complexity index is 743. The first kappa shape index (κ1) is 24.7. The van der Waals surface area contributed by atoms with Crippen LogP contribution in [0, 0.1) is 0 Å². The van der Waals surface area contributed by atoms with E-state index in [2.05, 4.69) is 151 Å². The molecule has 0 atom stereocenters. The minimum absolute atomic E-state index is 0.0429. The summed E-state index contributed by atoms with van der Waals surface area (Å²) in [5.74, 6) is 0. The summed E-state index contributed by atoms with van der Waals surface area (Å²) in [5.41, 5.74) is 2.84. The molecule has 0 fully saturated rings. The van der Waals surface area contributed by atoms with Gasteiger partial charge in [0.25, 0.3) is 0 Å². The third-order valence-electron chi connectivity index (χ3n) is 6.46. The summed E-state index contributed by atoms with van der Waals surface area (Å²) in [4.78, 5) is 9.92. The van der Waals surface area contributed by atoms with E-state index in [1.807, 2.05) is 0 Å². The van der Waals surface area contributed by atoms with Crippen molar-refractivity contribution in [2.24, 2.45) is 0 Å². The SMILES string of the molecule is CC(C)(C)N1C=CN(C(C)(C)C)B1c1ccc(B2N(C(C)(C)C)C=CN2C(C)(C)C)cc1. The molecule has 1 aromatic carbocycles. The zero-order valence-corrected chi connectivity index (χ0v) is 22.6. The van der Waals surface area contributed by atoms with Crippen molar-refractivity contribution in [3.05, 3.63) is 49.1 Å². The van der Waals surface area contributed by atoms with Crippen molar-refractivity contribution in [2.45, 2.75) is 105 Å². The molecule has 4 nitrogen and oxygen atoms in total. The van der Waals surface area contributed by atoms with Gasteiger partial charge in [-0.2, -0.15) is 0 Å². The highest BCUT2D eigenvalue weighted by Crippen LogP contribution is 2.30. The smallest absolute Gasteiger partial charge is 0.392 e. The number of benzene rings is 1. The average molecular weight is 434 g/mol. The highest BCUT2D eigenvalue weighted by atomic mass is 15.3. The van der Waals surface area contributed by atoms with Crippen molar-refractivity contribution >= 4 is 24.9 Å². The van der Waals surface area contributed by atoms with Crippen molar-refractivity contribution in [3.8, 4) is 0 Å². The lowest BCUT2D eigenvalue weighted by molar-refractivity contribution is 0.285. The van der Waals surface area contributed by atoms with E-state index in [-0.39, 0.29) is 36.1 Å². The number of hydrogen-bond acceptors (Lipinski definition) is 4. The highest BCUT2D eigenvalue weighted by Gasteiger charge is 2.45. The van der Waals surface area contributed by atoms with E-state index in [0.717, 1.165) is 0 Å². The molecule has 0 unspecified atom stereocenters. The Labute approximate surface area is 198 Å². The normalized spacial score (nSPS) is 18.0. The van der Waals surface area contributed by atoms with Crippen LogP contribution in [0.1, 0.15) is 83.1 Å². The molecule has 174 valence electrons. The fraction of sp³-hybridized carbons (Fsp3) is 0.615. The van der Waals surface area contributed by atoms with Gasteiger partial charge in [-0.15, -0.1) is 0 Å². The van der Waals surface area contributed by atoms with Gasteiger partial charge in [0.1, 0.15) is 0 Å². The Morgan fingerprint density at radius 1 is 0.406 bits per heavy atom. The van der Waals surface area contributed by atoms with Gasteiger partial charge in [-0.1, -0.05) is 24.3 Å². The largest absolute Gasteiger partial charge is 0.411 e. The molecule has 1 aromatic rings. The summed E-state index contributed by atoms with van der Waals surface area (Å²) >= 11 is 0. The van der Waals surface area contributed by atoms with Gasteiger partial charge in [-0.25, -0.2) is 0 Å². The standard InChI is InChI=1S/C26H44B2N4/c1-23(2,3)29-17-18-30(24(4,5)6)27(29)21-13-15-22(16-14-21)28-31(25(7,8)9)19-20-32(28)26(10,11)12/h13-20H,1-12H3. The molecule has 0 saturated heterocycles. The van der Waals surface area contributed by atoms with E-state index in [1.165, 1.54) is 10.9 Å². The predicted octanol–water partition coefficient (Wildman–Crippen LogP) is 4.45. The van der Waals surface area contributed by atoms with Crippen molar-refractivity contribution in [2.75, 3.05) is 0 Å². The van der Waals surface area contributed by atoms with E-state index in [0.29, 0.717) is 0 Å². The van der Waals surface area contributed by atoms with Crippen LogP contribution < -0.4 is 10.9 Å². The summed E-state index contributed by atoms with van der Waals surface area (Å²) in [6.45, 7) is 27.9. The molecule has 0 bridgehead atoms. The number of nitrogens with zero attached hydrogens (tertiary/aromatic N) is 4. The first-order valence-corrected chi connectivity index (χ1v) is 12.0. The Balaban J connectivity index is 2.00. The second-order valence-electron chi connectivity index (χ2n) is 13.3. The van der Waals surface area contributed by atoms with Gasteiger partial charge in [0.15, 0.2) is 0 Å². The summed E-state index contributed by atoms with van der Waals surface area (Å²) in [6.07, 6.45) is 9.03. The monoisotopic (exact) mass is 434 g/mol. The number of rotatable bonds is 2. The van der Waals surface area contributed by atoms with Gasteiger partial charge in [-0.05, 0) is 94.0 Å². The zero-order chi connectivity index (χ0) is 24.3. The Morgan fingerprint density at radius 3 is 0.750 bits per heavy atom. The van der Waals surface area contributed by atoms with Gasteiger partial charge in [0.05, 0.1) is 0 Å². The molecule has 0 spiro atoms. The average Bonchev–Trinajstić information content (AvgIpc) is 3.25. The second kappa shape index (κ2) is 7.81. The number of hydrogen-bond donors (Lipinski definition) is 0. The fourth-order valence-corrected chi connectivity index (χ4v) is 4.73. The molecule has 3 rings (SSSR count). The molecule has 2 aliphatic heterocycles. The van der Waals surface area contributed by atoms with E-state index in [4.69, 9.17) is 0 Å². The van der Waals surface area contributed by atoms with Gasteiger partial charge in [0.2, 0.25) is 0 Å². The molecule has 2 aliphatic rings. The highest BCUT2D eigenvalue weighted by molar-refractivity contribution is 6.71. The molecule has 32 heavy (non-hydrogen) atoms. The lowest BCUT2D eigenvalue weighted by Gasteiger charge is -2.44. The summed E-state index contributed by atoms with van der Waals surface area (Å²) < 4.78 is 0. The molecule has 0 aliphatic carbocycles. The maximum absolute atomic E-state index is 2.48. The van der Waals surface area contributed by atoms with E-state index < -0.39 is 0 Å².